The molecule has 15 heavy (non-hydrogen) atoms. The Morgan fingerprint density at radius 3 is 2.67 bits per heavy atom. The molecule has 88 valence electrons. The maximum atomic E-state index is 11.7. The van der Waals surface area contributed by atoms with Crippen LogP contribution in [0.1, 0.15) is 25.7 Å². The smallest absolute Gasteiger partial charge is 0.222 e. The van der Waals surface area contributed by atoms with E-state index in [1.807, 2.05) is 4.90 Å². The third kappa shape index (κ3) is 4.18. The second-order valence-electron chi connectivity index (χ2n) is 4.17. The standard InChI is InChI=1S/C11H22N2O2/c1-15-9-10-4-7-13(8-5-10)11(14)3-2-6-12/h10H,2-9,12H2,1H3. The van der Waals surface area contributed by atoms with E-state index in [1.165, 1.54) is 0 Å². The molecule has 4 nitrogen and oxygen atoms in total. The summed E-state index contributed by atoms with van der Waals surface area (Å²) in [5, 5.41) is 0. The predicted octanol–water partition coefficient (Wildman–Crippen LogP) is 0.610. The number of ether oxygens (including phenoxy) is 1. The first-order valence-electron chi connectivity index (χ1n) is 5.74. The Balaban J connectivity index is 2.21. The van der Waals surface area contributed by atoms with Crippen molar-refractivity contribution < 1.29 is 9.53 Å². The van der Waals surface area contributed by atoms with Crippen molar-refractivity contribution in [1.29, 1.82) is 0 Å². The molecule has 0 atom stereocenters. The Morgan fingerprint density at radius 1 is 1.47 bits per heavy atom. The summed E-state index contributed by atoms with van der Waals surface area (Å²) in [5.74, 6) is 0.893. The summed E-state index contributed by atoms with van der Waals surface area (Å²) in [6.45, 7) is 3.20. The number of amides is 1. The van der Waals surface area contributed by atoms with Crippen molar-refractivity contribution in [3.05, 3.63) is 0 Å². The van der Waals surface area contributed by atoms with Gasteiger partial charge in [0.1, 0.15) is 0 Å². The lowest BCUT2D eigenvalue weighted by Crippen LogP contribution is -2.39. The number of carbonyl (C=O) groups excluding carboxylic acids is 1. The first kappa shape index (κ1) is 12.5. The summed E-state index contributed by atoms with van der Waals surface area (Å²) in [6.07, 6.45) is 3.55. The zero-order valence-electron chi connectivity index (χ0n) is 9.58. The SMILES string of the molecule is COCC1CCN(C(=O)CCCN)CC1. The third-order valence-corrected chi connectivity index (χ3v) is 2.96. The van der Waals surface area contributed by atoms with E-state index in [-0.39, 0.29) is 5.91 Å². The topological polar surface area (TPSA) is 55.6 Å². The van der Waals surface area contributed by atoms with Crippen molar-refractivity contribution in [3.63, 3.8) is 0 Å². The zero-order valence-corrected chi connectivity index (χ0v) is 9.58. The van der Waals surface area contributed by atoms with Gasteiger partial charge >= 0.3 is 0 Å². The molecule has 0 unspecified atom stereocenters. The number of rotatable bonds is 5. The summed E-state index contributed by atoms with van der Waals surface area (Å²) < 4.78 is 5.12. The van der Waals surface area contributed by atoms with Crippen LogP contribution in [0.3, 0.4) is 0 Å². The van der Waals surface area contributed by atoms with Gasteiger partial charge in [0.15, 0.2) is 0 Å². The highest BCUT2D eigenvalue weighted by Gasteiger charge is 2.21. The number of nitrogens with zero attached hydrogens (tertiary/aromatic N) is 1. The first-order chi connectivity index (χ1) is 7.27. The molecule has 1 aliphatic heterocycles. The summed E-state index contributed by atoms with van der Waals surface area (Å²) in [5.41, 5.74) is 5.38. The maximum absolute atomic E-state index is 11.7. The molecule has 2 N–H and O–H groups in total. The molecule has 0 spiro atoms. The van der Waals surface area contributed by atoms with E-state index in [4.69, 9.17) is 10.5 Å². The fourth-order valence-corrected chi connectivity index (χ4v) is 2.00. The largest absolute Gasteiger partial charge is 0.384 e. The van der Waals surface area contributed by atoms with Crippen LogP contribution >= 0.6 is 0 Å². The van der Waals surface area contributed by atoms with Crippen LogP contribution < -0.4 is 5.73 Å². The second-order valence-corrected chi connectivity index (χ2v) is 4.17. The van der Waals surface area contributed by atoms with Gasteiger partial charge in [0.05, 0.1) is 0 Å². The lowest BCUT2D eigenvalue weighted by molar-refractivity contribution is -0.132. The number of hydrogen-bond donors (Lipinski definition) is 1. The van der Waals surface area contributed by atoms with Crippen LogP contribution in [-0.4, -0.2) is 44.2 Å². The molecule has 0 aromatic rings. The molecule has 4 heteroatoms. The van der Waals surface area contributed by atoms with Crippen molar-refractivity contribution >= 4 is 5.91 Å². The van der Waals surface area contributed by atoms with Gasteiger partial charge in [0.2, 0.25) is 5.91 Å². The summed E-state index contributed by atoms with van der Waals surface area (Å²) >= 11 is 0. The first-order valence-corrected chi connectivity index (χ1v) is 5.74. The molecule has 0 saturated carbocycles. The van der Waals surface area contributed by atoms with E-state index in [0.717, 1.165) is 39.0 Å². The van der Waals surface area contributed by atoms with Gasteiger partial charge < -0.3 is 15.4 Å². The Kier molecular flexibility index (Phi) is 5.65. The second kappa shape index (κ2) is 6.80. The van der Waals surface area contributed by atoms with Crippen molar-refractivity contribution in [2.75, 3.05) is 33.4 Å². The normalized spacial score (nSPS) is 18.1. The van der Waals surface area contributed by atoms with Gasteiger partial charge in [0, 0.05) is 33.2 Å². The molecule has 1 saturated heterocycles. The van der Waals surface area contributed by atoms with Crippen LogP contribution in [0.25, 0.3) is 0 Å². The fraction of sp³-hybridized carbons (Fsp3) is 0.909. The molecule has 1 heterocycles. The Hall–Kier alpha value is -0.610. The average Bonchev–Trinajstić information content (AvgIpc) is 2.27. The quantitative estimate of drug-likeness (QED) is 0.729. The van der Waals surface area contributed by atoms with Crippen LogP contribution in [0.4, 0.5) is 0 Å². The van der Waals surface area contributed by atoms with E-state index in [2.05, 4.69) is 0 Å². The summed E-state index contributed by atoms with van der Waals surface area (Å²) in [6, 6.07) is 0. The number of nitrogens with two attached hydrogens (primary N) is 1. The molecule has 0 aromatic carbocycles. The average molecular weight is 214 g/mol. The minimum atomic E-state index is 0.260. The van der Waals surface area contributed by atoms with E-state index in [0.29, 0.717) is 18.9 Å². The van der Waals surface area contributed by atoms with Gasteiger partial charge in [-0.25, -0.2) is 0 Å². The maximum Gasteiger partial charge on any atom is 0.222 e. The van der Waals surface area contributed by atoms with Crippen molar-refractivity contribution in [2.24, 2.45) is 11.7 Å². The van der Waals surface area contributed by atoms with Crippen LogP contribution in [0, 0.1) is 5.92 Å². The number of methoxy groups -OCH3 is 1. The molecule has 1 aliphatic rings. The Bertz CT molecular complexity index is 189. The third-order valence-electron chi connectivity index (χ3n) is 2.96. The lowest BCUT2D eigenvalue weighted by atomic mass is 9.97. The highest BCUT2D eigenvalue weighted by molar-refractivity contribution is 5.76. The van der Waals surface area contributed by atoms with Gasteiger partial charge in [-0.1, -0.05) is 0 Å². The number of piperidine rings is 1. The number of hydrogen-bond acceptors (Lipinski definition) is 3. The van der Waals surface area contributed by atoms with E-state index >= 15 is 0 Å². The van der Waals surface area contributed by atoms with Gasteiger partial charge in [-0.15, -0.1) is 0 Å². The Labute approximate surface area is 91.8 Å². The van der Waals surface area contributed by atoms with Crippen molar-refractivity contribution in [1.82, 2.24) is 4.90 Å². The monoisotopic (exact) mass is 214 g/mol. The Morgan fingerprint density at radius 2 is 2.13 bits per heavy atom. The minimum Gasteiger partial charge on any atom is -0.384 e. The van der Waals surface area contributed by atoms with Gasteiger partial charge in [-0.2, -0.15) is 0 Å². The molecule has 0 aromatic heterocycles. The van der Waals surface area contributed by atoms with Crippen LogP contribution in [0.15, 0.2) is 0 Å². The highest BCUT2D eigenvalue weighted by atomic mass is 16.5. The molecular weight excluding hydrogens is 192 g/mol. The molecule has 0 aliphatic carbocycles. The lowest BCUT2D eigenvalue weighted by Gasteiger charge is -2.31. The van der Waals surface area contributed by atoms with Gasteiger partial charge in [-0.05, 0) is 31.7 Å². The predicted molar refractivity (Wildman–Crippen MR) is 59.5 cm³/mol. The van der Waals surface area contributed by atoms with Crippen molar-refractivity contribution in [3.8, 4) is 0 Å². The molecule has 0 bridgehead atoms. The van der Waals surface area contributed by atoms with Crippen molar-refractivity contribution in [2.45, 2.75) is 25.7 Å². The van der Waals surface area contributed by atoms with Crippen LogP contribution in [0.5, 0.6) is 0 Å². The molecule has 1 rings (SSSR count). The summed E-state index contributed by atoms with van der Waals surface area (Å²) in [7, 11) is 1.73. The minimum absolute atomic E-state index is 0.260. The number of likely N-dealkylation sites (tertiary alicyclic amines) is 1. The van der Waals surface area contributed by atoms with Gasteiger partial charge in [-0.3, -0.25) is 4.79 Å². The molecule has 1 amide bonds. The zero-order chi connectivity index (χ0) is 11.1. The van der Waals surface area contributed by atoms with Crippen LogP contribution in [0.2, 0.25) is 0 Å². The van der Waals surface area contributed by atoms with E-state index < -0.39 is 0 Å². The van der Waals surface area contributed by atoms with Crippen LogP contribution in [-0.2, 0) is 9.53 Å². The molecule has 1 fully saturated rings. The van der Waals surface area contributed by atoms with E-state index in [1.54, 1.807) is 7.11 Å². The molecule has 0 radical (unpaired) electrons. The van der Waals surface area contributed by atoms with E-state index in [9.17, 15) is 4.79 Å². The summed E-state index contributed by atoms with van der Waals surface area (Å²) in [4.78, 5) is 13.6. The van der Waals surface area contributed by atoms with Gasteiger partial charge in [0.25, 0.3) is 0 Å². The molecular formula is C11H22N2O2. The highest BCUT2D eigenvalue weighted by Crippen LogP contribution is 2.17. The number of carbonyl (C=O) groups is 1. The fourth-order valence-electron chi connectivity index (χ4n) is 2.00.